The summed E-state index contributed by atoms with van der Waals surface area (Å²) in [5.41, 5.74) is 2.58. The number of carbonyl (C=O) groups excluding carboxylic acids is 2. The van der Waals surface area contributed by atoms with E-state index in [1.807, 2.05) is 4.90 Å². The second-order valence-electron chi connectivity index (χ2n) is 6.80. The van der Waals surface area contributed by atoms with Gasteiger partial charge in [-0.25, -0.2) is 0 Å². The molecule has 1 atom stereocenters. The van der Waals surface area contributed by atoms with Crippen molar-refractivity contribution in [1.82, 2.24) is 25.7 Å². The molecule has 2 amide bonds. The van der Waals surface area contributed by atoms with Crippen molar-refractivity contribution >= 4 is 23.2 Å². The molecule has 0 bridgehead atoms. The van der Waals surface area contributed by atoms with Crippen LogP contribution in [-0.2, 0) is 17.8 Å². The maximum Gasteiger partial charge on any atom is 0.271 e. The van der Waals surface area contributed by atoms with Gasteiger partial charge in [0.2, 0.25) is 5.91 Å². The van der Waals surface area contributed by atoms with E-state index in [-0.39, 0.29) is 17.9 Å². The molecule has 1 saturated heterocycles. The van der Waals surface area contributed by atoms with Gasteiger partial charge in [0.1, 0.15) is 5.69 Å². The lowest BCUT2D eigenvalue weighted by Crippen LogP contribution is -2.37. The molecule has 8 heteroatoms. The summed E-state index contributed by atoms with van der Waals surface area (Å²) < 4.78 is 0. The Bertz CT molecular complexity index is 793. The quantitative estimate of drug-likeness (QED) is 0.743. The number of fused-ring (bicyclic) bond motifs is 1. The summed E-state index contributed by atoms with van der Waals surface area (Å²) in [7, 11) is 0. The number of hydrogen-bond donors (Lipinski definition) is 3. The van der Waals surface area contributed by atoms with Crippen LogP contribution in [-0.4, -0.2) is 46.5 Å². The number of nitrogens with one attached hydrogen (secondary N) is 3. The number of rotatable bonds is 5. The highest BCUT2D eigenvalue weighted by Gasteiger charge is 2.22. The summed E-state index contributed by atoms with van der Waals surface area (Å²) in [5.74, 6) is -0.155. The minimum Gasteiger partial charge on any atom is -0.350 e. The zero-order chi connectivity index (χ0) is 17.9. The number of carbonyl (C=O) groups is 2. The molecular weight excluding hydrogens is 350 g/mol. The molecule has 7 nitrogen and oxygen atoms in total. The highest BCUT2D eigenvalue weighted by molar-refractivity contribution is 7.10. The van der Waals surface area contributed by atoms with E-state index in [1.165, 1.54) is 10.4 Å². The average molecular weight is 373 g/mol. The van der Waals surface area contributed by atoms with Gasteiger partial charge in [-0.15, -0.1) is 11.3 Å². The first-order chi connectivity index (χ1) is 12.7. The van der Waals surface area contributed by atoms with Crippen LogP contribution >= 0.6 is 11.3 Å². The van der Waals surface area contributed by atoms with E-state index in [0.717, 1.165) is 38.0 Å². The monoisotopic (exact) mass is 373 g/mol. The van der Waals surface area contributed by atoms with Gasteiger partial charge in [-0.3, -0.25) is 14.7 Å². The Balaban J connectivity index is 1.24. The average Bonchev–Trinajstić information content (AvgIpc) is 3.41. The van der Waals surface area contributed by atoms with Crippen LogP contribution in [0.1, 0.15) is 51.9 Å². The van der Waals surface area contributed by atoms with Crippen molar-refractivity contribution in [3.05, 3.63) is 39.3 Å². The van der Waals surface area contributed by atoms with Crippen molar-refractivity contribution in [1.29, 1.82) is 0 Å². The Labute approximate surface area is 156 Å². The minimum absolute atomic E-state index is 0.0834. The van der Waals surface area contributed by atoms with Gasteiger partial charge in [0.25, 0.3) is 5.91 Å². The lowest BCUT2D eigenvalue weighted by molar-refractivity contribution is -0.131. The van der Waals surface area contributed by atoms with Crippen LogP contribution in [0.25, 0.3) is 0 Å². The van der Waals surface area contributed by atoms with Crippen LogP contribution in [0.3, 0.4) is 0 Å². The van der Waals surface area contributed by atoms with Gasteiger partial charge in [-0.05, 0) is 48.9 Å². The Morgan fingerprint density at radius 2 is 2.35 bits per heavy atom. The van der Waals surface area contributed by atoms with E-state index < -0.39 is 0 Å². The molecule has 0 spiro atoms. The van der Waals surface area contributed by atoms with Gasteiger partial charge in [-0.2, -0.15) is 5.10 Å². The first kappa shape index (κ1) is 17.2. The van der Waals surface area contributed by atoms with E-state index in [9.17, 15) is 9.59 Å². The third-order valence-corrected chi connectivity index (χ3v) is 6.07. The number of nitrogens with zero attached hydrogens (tertiary/aromatic N) is 2. The molecular formula is C18H23N5O2S. The first-order valence-electron chi connectivity index (χ1n) is 9.10. The topological polar surface area (TPSA) is 90.1 Å². The van der Waals surface area contributed by atoms with Gasteiger partial charge in [0.05, 0.1) is 5.69 Å². The van der Waals surface area contributed by atoms with Crippen LogP contribution in [0.4, 0.5) is 0 Å². The fourth-order valence-electron chi connectivity index (χ4n) is 3.57. The van der Waals surface area contributed by atoms with E-state index >= 15 is 0 Å². The van der Waals surface area contributed by atoms with Crippen molar-refractivity contribution in [2.75, 3.05) is 19.6 Å². The highest BCUT2D eigenvalue weighted by Crippen LogP contribution is 2.24. The second-order valence-corrected chi connectivity index (χ2v) is 7.80. The number of thiophene rings is 1. The Hall–Kier alpha value is -2.19. The summed E-state index contributed by atoms with van der Waals surface area (Å²) in [6, 6.07) is 4.14. The van der Waals surface area contributed by atoms with Crippen LogP contribution in [0, 0.1) is 0 Å². The van der Waals surface area contributed by atoms with E-state index in [4.69, 9.17) is 0 Å². The largest absolute Gasteiger partial charge is 0.350 e. The lowest BCUT2D eigenvalue weighted by atomic mass is 10.1. The van der Waals surface area contributed by atoms with Crippen molar-refractivity contribution in [3.8, 4) is 0 Å². The maximum atomic E-state index is 12.4. The van der Waals surface area contributed by atoms with Gasteiger partial charge in [0, 0.05) is 37.0 Å². The molecule has 4 heterocycles. The van der Waals surface area contributed by atoms with Crippen molar-refractivity contribution in [2.24, 2.45) is 0 Å². The van der Waals surface area contributed by atoms with Gasteiger partial charge < -0.3 is 15.5 Å². The van der Waals surface area contributed by atoms with Gasteiger partial charge >= 0.3 is 0 Å². The Morgan fingerprint density at radius 1 is 1.42 bits per heavy atom. The number of aromatic nitrogens is 2. The summed E-state index contributed by atoms with van der Waals surface area (Å²) in [5, 5.41) is 15.3. The van der Waals surface area contributed by atoms with Crippen molar-refractivity contribution in [2.45, 2.75) is 38.3 Å². The molecule has 2 aliphatic rings. The third-order valence-electron chi connectivity index (χ3n) is 5.05. The number of H-pyrrole nitrogens is 1. The summed E-state index contributed by atoms with van der Waals surface area (Å²) in [4.78, 5) is 27.9. The molecule has 138 valence electrons. The molecule has 2 aromatic heterocycles. The zero-order valence-corrected chi connectivity index (χ0v) is 15.4. The Kier molecular flexibility index (Phi) is 5.03. The standard InChI is InChI=1S/C18H23N5O2S/c24-17(23-8-4-16-12(11-23)5-9-26-16)3-7-20-18(25)15-10-14(21-22-15)13-2-1-6-19-13/h5,9-10,13,19H,1-4,6-8,11H2,(H,20,25)(H,21,22). The third kappa shape index (κ3) is 3.66. The second kappa shape index (κ2) is 7.59. The first-order valence-corrected chi connectivity index (χ1v) is 9.98. The fourth-order valence-corrected chi connectivity index (χ4v) is 4.46. The molecule has 0 aromatic carbocycles. The van der Waals surface area contributed by atoms with Crippen LogP contribution < -0.4 is 10.6 Å². The summed E-state index contributed by atoms with van der Waals surface area (Å²) in [6.45, 7) is 2.77. The van der Waals surface area contributed by atoms with Crippen molar-refractivity contribution < 1.29 is 9.59 Å². The predicted molar refractivity (Wildman–Crippen MR) is 99.0 cm³/mol. The van der Waals surface area contributed by atoms with E-state index in [0.29, 0.717) is 25.2 Å². The van der Waals surface area contributed by atoms with Gasteiger partial charge in [-0.1, -0.05) is 0 Å². The molecule has 2 aromatic rings. The van der Waals surface area contributed by atoms with Gasteiger partial charge in [0.15, 0.2) is 0 Å². The molecule has 26 heavy (non-hydrogen) atoms. The number of aromatic amines is 1. The zero-order valence-electron chi connectivity index (χ0n) is 14.6. The highest BCUT2D eigenvalue weighted by atomic mass is 32.1. The molecule has 4 rings (SSSR count). The molecule has 0 aliphatic carbocycles. The van der Waals surface area contributed by atoms with E-state index in [1.54, 1.807) is 17.4 Å². The molecule has 1 fully saturated rings. The minimum atomic E-state index is -0.239. The molecule has 3 N–H and O–H groups in total. The normalized spacial score (nSPS) is 19.4. The molecule has 0 radical (unpaired) electrons. The van der Waals surface area contributed by atoms with E-state index in [2.05, 4.69) is 32.3 Å². The molecule has 1 unspecified atom stereocenters. The SMILES string of the molecule is O=C(NCCC(=O)N1CCc2sccc2C1)c1cc(C2CCCN2)[nH]n1. The van der Waals surface area contributed by atoms with Crippen molar-refractivity contribution in [3.63, 3.8) is 0 Å². The molecule has 2 aliphatic heterocycles. The lowest BCUT2D eigenvalue weighted by Gasteiger charge is -2.27. The predicted octanol–water partition coefficient (Wildman–Crippen LogP) is 1.60. The van der Waals surface area contributed by atoms with Crippen LogP contribution in [0.15, 0.2) is 17.5 Å². The maximum absolute atomic E-state index is 12.4. The molecule has 0 saturated carbocycles. The van der Waals surface area contributed by atoms with Crippen LogP contribution in [0.2, 0.25) is 0 Å². The Morgan fingerprint density at radius 3 is 3.19 bits per heavy atom. The number of amides is 2. The van der Waals surface area contributed by atoms with Crippen LogP contribution in [0.5, 0.6) is 0 Å². The summed E-state index contributed by atoms with van der Waals surface area (Å²) >= 11 is 1.76. The smallest absolute Gasteiger partial charge is 0.271 e. The fraction of sp³-hybridized carbons (Fsp3) is 0.500. The summed E-state index contributed by atoms with van der Waals surface area (Å²) in [6.07, 6.45) is 3.43. The number of hydrogen-bond acceptors (Lipinski definition) is 5.